The molecule has 9 heteroatoms. The van der Waals surface area contributed by atoms with E-state index in [9.17, 15) is 4.79 Å². The van der Waals surface area contributed by atoms with Crippen molar-refractivity contribution in [3.05, 3.63) is 38.6 Å². The second-order valence-corrected chi connectivity index (χ2v) is 9.23. The standard InChI is InChI=1S/C18H20BrN5OS2/c19-12-8-14(26-10-12)18-21-13(11-27-18)9-17(25)20-6-5-16-23-22-15-4-2-1-3-7-24(15)16/h8,10-11H,1-7,9H2,(H,20,25). The van der Waals surface area contributed by atoms with Crippen molar-refractivity contribution < 1.29 is 4.79 Å². The number of carbonyl (C=O) groups is 1. The van der Waals surface area contributed by atoms with Crippen LogP contribution in [0.1, 0.15) is 36.6 Å². The summed E-state index contributed by atoms with van der Waals surface area (Å²) in [5.74, 6) is 2.06. The van der Waals surface area contributed by atoms with Crippen LogP contribution < -0.4 is 5.32 Å². The zero-order valence-electron chi connectivity index (χ0n) is 14.8. The molecule has 27 heavy (non-hydrogen) atoms. The highest BCUT2D eigenvalue weighted by atomic mass is 79.9. The Morgan fingerprint density at radius 2 is 2.15 bits per heavy atom. The predicted molar refractivity (Wildman–Crippen MR) is 111 cm³/mol. The number of hydrogen-bond acceptors (Lipinski definition) is 6. The lowest BCUT2D eigenvalue weighted by molar-refractivity contribution is -0.120. The molecular weight excluding hydrogens is 446 g/mol. The number of thiazole rings is 1. The molecule has 0 aliphatic carbocycles. The minimum atomic E-state index is -0.00480. The highest BCUT2D eigenvalue weighted by molar-refractivity contribution is 9.10. The van der Waals surface area contributed by atoms with Crippen LogP contribution in [0.15, 0.2) is 21.3 Å². The van der Waals surface area contributed by atoms with Gasteiger partial charge in [0.05, 0.1) is 17.0 Å². The second kappa shape index (κ2) is 8.62. The Balaban J connectivity index is 1.28. The average Bonchev–Trinajstić information content (AvgIpc) is 3.33. The van der Waals surface area contributed by atoms with Gasteiger partial charge in [-0.15, -0.1) is 32.9 Å². The topological polar surface area (TPSA) is 72.7 Å². The van der Waals surface area contributed by atoms with E-state index in [1.165, 1.54) is 19.3 Å². The predicted octanol–water partition coefficient (Wildman–Crippen LogP) is 3.85. The molecule has 1 amide bonds. The largest absolute Gasteiger partial charge is 0.355 e. The number of rotatable bonds is 6. The first-order valence-corrected chi connectivity index (χ1v) is 11.6. The number of amides is 1. The van der Waals surface area contributed by atoms with Crippen molar-refractivity contribution in [2.75, 3.05) is 6.54 Å². The SMILES string of the molecule is O=C(Cc1csc(-c2cc(Br)cs2)n1)NCCc1nnc2n1CCCCC2. The van der Waals surface area contributed by atoms with Gasteiger partial charge in [-0.3, -0.25) is 4.79 Å². The number of nitrogens with one attached hydrogen (secondary N) is 1. The van der Waals surface area contributed by atoms with Crippen LogP contribution in [0.4, 0.5) is 0 Å². The van der Waals surface area contributed by atoms with E-state index in [-0.39, 0.29) is 5.91 Å². The minimum Gasteiger partial charge on any atom is -0.355 e. The Bertz CT molecular complexity index is 932. The summed E-state index contributed by atoms with van der Waals surface area (Å²) in [6.45, 7) is 1.57. The molecule has 4 rings (SSSR count). The fourth-order valence-corrected chi connectivity index (χ4v) is 5.52. The average molecular weight is 466 g/mol. The molecule has 0 bridgehead atoms. The smallest absolute Gasteiger partial charge is 0.226 e. The first kappa shape index (κ1) is 18.8. The van der Waals surface area contributed by atoms with E-state index in [0.29, 0.717) is 19.4 Å². The Morgan fingerprint density at radius 1 is 1.22 bits per heavy atom. The van der Waals surface area contributed by atoms with Crippen LogP contribution in [0.3, 0.4) is 0 Å². The molecule has 4 heterocycles. The van der Waals surface area contributed by atoms with Crippen LogP contribution in [0.2, 0.25) is 0 Å². The van der Waals surface area contributed by atoms with E-state index in [0.717, 1.165) is 44.7 Å². The van der Waals surface area contributed by atoms with Crippen molar-refractivity contribution in [1.82, 2.24) is 25.1 Å². The van der Waals surface area contributed by atoms with Crippen LogP contribution in [-0.2, 0) is 30.6 Å². The molecule has 0 aromatic carbocycles. The quantitative estimate of drug-likeness (QED) is 0.599. The number of nitrogens with zero attached hydrogens (tertiary/aromatic N) is 4. The van der Waals surface area contributed by atoms with Gasteiger partial charge in [0.25, 0.3) is 0 Å². The van der Waals surface area contributed by atoms with E-state index < -0.39 is 0 Å². The molecule has 0 spiro atoms. The van der Waals surface area contributed by atoms with Gasteiger partial charge in [0.15, 0.2) is 0 Å². The van der Waals surface area contributed by atoms with Crippen LogP contribution in [0.25, 0.3) is 9.88 Å². The number of aryl methyl sites for hydroxylation is 1. The third kappa shape index (κ3) is 4.64. The van der Waals surface area contributed by atoms with Crippen molar-refractivity contribution in [2.45, 2.75) is 45.1 Å². The zero-order chi connectivity index (χ0) is 18.6. The number of thiophene rings is 1. The molecule has 0 fully saturated rings. The van der Waals surface area contributed by atoms with Crippen molar-refractivity contribution in [2.24, 2.45) is 0 Å². The third-order valence-corrected chi connectivity index (χ3v) is 7.28. The first-order valence-electron chi connectivity index (χ1n) is 9.05. The molecular formula is C18H20BrN5OS2. The molecule has 1 N–H and O–H groups in total. The maximum Gasteiger partial charge on any atom is 0.226 e. The fraction of sp³-hybridized carbons (Fsp3) is 0.444. The third-order valence-electron chi connectivity index (χ3n) is 4.53. The Hall–Kier alpha value is -1.58. The highest BCUT2D eigenvalue weighted by Gasteiger charge is 2.15. The summed E-state index contributed by atoms with van der Waals surface area (Å²) in [5.41, 5.74) is 0.813. The molecule has 0 radical (unpaired) electrons. The van der Waals surface area contributed by atoms with Crippen LogP contribution in [0.5, 0.6) is 0 Å². The van der Waals surface area contributed by atoms with E-state index >= 15 is 0 Å². The molecule has 0 saturated heterocycles. The molecule has 1 aliphatic heterocycles. The van der Waals surface area contributed by atoms with Crippen molar-refractivity contribution in [1.29, 1.82) is 0 Å². The second-order valence-electron chi connectivity index (χ2n) is 6.54. The maximum atomic E-state index is 12.2. The molecule has 142 valence electrons. The van der Waals surface area contributed by atoms with E-state index in [1.54, 1.807) is 22.7 Å². The first-order chi connectivity index (χ1) is 13.2. The van der Waals surface area contributed by atoms with E-state index in [1.807, 2.05) is 10.8 Å². The molecule has 3 aromatic heterocycles. The summed E-state index contributed by atoms with van der Waals surface area (Å²) >= 11 is 6.68. The van der Waals surface area contributed by atoms with Gasteiger partial charge in [-0.2, -0.15) is 0 Å². The van der Waals surface area contributed by atoms with E-state index in [2.05, 4.69) is 47.1 Å². The highest BCUT2D eigenvalue weighted by Crippen LogP contribution is 2.32. The van der Waals surface area contributed by atoms with Gasteiger partial charge in [-0.1, -0.05) is 6.42 Å². The molecule has 1 aliphatic rings. The number of aromatic nitrogens is 4. The number of fused-ring (bicyclic) bond motifs is 1. The maximum absolute atomic E-state index is 12.2. The summed E-state index contributed by atoms with van der Waals surface area (Å²) in [6, 6.07) is 2.05. The van der Waals surface area contributed by atoms with Gasteiger partial charge in [0.1, 0.15) is 16.7 Å². The summed E-state index contributed by atoms with van der Waals surface area (Å²) < 4.78 is 3.29. The van der Waals surface area contributed by atoms with Gasteiger partial charge in [0.2, 0.25) is 5.91 Å². The van der Waals surface area contributed by atoms with Gasteiger partial charge in [0, 0.05) is 41.2 Å². The Kier molecular flexibility index (Phi) is 5.99. The van der Waals surface area contributed by atoms with Gasteiger partial charge >= 0.3 is 0 Å². The van der Waals surface area contributed by atoms with Gasteiger partial charge in [-0.05, 0) is 34.8 Å². The number of carbonyl (C=O) groups excluding carboxylic acids is 1. The normalized spacial score (nSPS) is 14.0. The van der Waals surface area contributed by atoms with Crippen molar-refractivity contribution >= 4 is 44.5 Å². The summed E-state index contributed by atoms with van der Waals surface area (Å²) in [7, 11) is 0. The Morgan fingerprint density at radius 3 is 3.00 bits per heavy atom. The molecule has 0 atom stereocenters. The fourth-order valence-electron chi connectivity index (χ4n) is 3.20. The summed E-state index contributed by atoms with van der Waals surface area (Å²) in [4.78, 5) is 17.9. The van der Waals surface area contributed by atoms with Crippen LogP contribution in [0, 0.1) is 0 Å². The van der Waals surface area contributed by atoms with Crippen LogP contribution >= 0.6 is 38.6 Å². The Labute approximate surface area is 174 Å². The van der Waals surface area contributed by atoms with Gasteiger partial charge < -0.3 is 9.88 Å². The van der Waals surface area contributed by atoms with Gasteiger partial charge in [-0.25, -0.2) is 4.98 Å². The zero-order valence-corrected chi connectivity index (χ0v) is 18.0. The summed E-state index contributed by atoms with van der Waals surface area (Å²) in [5, 5.41) is 16.6. The summed E-state index contributed by atoms with van der Waals surface area (Å²) in [6.07, 6.45) is 5.64. The number of hydrogen-bond donors (Lipinski definition) is 1. The lowest BCUT2D eigenvalue weighted by Crippen LogP contribution is -2.28. The molecule has 0 saturated carbocycles. The minimum absolute atomic E-state index is 0.00480. The molecule has 3 aromatic rings. The van der Waals surface area contributed by atoms with Crippen LogP contribution in [-0.4, -0.2) is 32.2 Å². The molecule has 6 nitrogen and oxygen atoms in total. The monoisotopic (exact) mass is 465 g/mol. The van der Waals surface area contributed by atoms with Crippen molar-refractivity contribution in [3.8, 4) is 9.88 Å². The van der Waals surface area contributed by atoms with Crippen molar-refractivity contribution in [3.63, 3.8) is 0 Å². The molecule has 0 unspecified atom stereocenters. The van der Waals surface area contributed by atoms with E-state index in [4.69, 9.17) is 0 Å². The lowest BCUT2D eigenvalue weighted by Gasteiger charge is -2.07. The lowest BCUT2D eigenvalue weighted by atomic mass is 10.2. The number of halogens is 1.